The fourth-order valence-corrected chi connectivity index (χ4v) is 4.29. The molecule has 3 heterocycles. The Morgan fingerprint density at radius 2 is 2.13 bits per heavy atom. The van der Waals surface area contributed by atoms with Crippen LogP contribution in [0.5, 0.6) is 5.75 Å². The maximum absolute atomic E-state index is 14.6. The first-order chi connectivity index (χ1) is 14.6. The van der Waals surface area contributed by atoms with Gasteiger partial charge in [-0.1, -0.05) is 23.2 Å². The Balaban J connectivity index is 1.77. The molecule has 9 heteroatoms. The first-order valence-electron chi connectivity index (χ1n) is 9.70. The second kappa shape index (κ2) is 7.81. The average molecular weight is 449 g/mol. The van der Waals surface area contributed by atoms with Crippen molar-refractivity contribution in [2.24, 2.45) is 10.7 Å². The molecule has 2 aliphatic rings. The highest BCUT2D eigenvalue weighted by atomic mass is 35.5. The maximum Gasteiger partial charge on any atom is 0.168 e. The van der Waals surface area contributed by atoms with Crippen LogP contribution in [0.2, 0.25) is 10.0 Å². The van der Waals surface area contributed by atoms with E-state index in [-0.39, 0.29) is 27.7 Å². The van der Waals surface area contributed by atoms with E-state index in [0.29, 0.717) is 31.9 Å². The molecule has 30 heavy (non-hydrogen) atoms. The lowest BCUT2D eigenvalue weighted by Crippen LogP contribution is -2.18. The number of fused-ring (bicyclic) bond motifs is 2. The molecule has 2 aliphatic heterocycles. The number of ether oxygens (including phenoxy) is 2. The summed E-state index contributed by atoms with van der Waals surface area (Å²) < 4.78 is 28.1. The fraction of sp³-hybridized carbons (Fsp3) is 0.333. The maximum atomic E-state index is 14.6. The largest absolute Gasteiger partial charge is 0.493 e. The van der Waals surface area contributed by atoms with Crippen molar-refractivity contribution >= 4 is 39.8 Å². The van der Waals surface area contributed by atoms with Crippen molar-refractivity contribution in [2.45, 2.75) is 18.4 Å². The van der Waals surface area contributed by atoms with Gasteiger partial charge in [0.1, 0.15) is 11.4 Å². The van der Waals surface area contributed by atoms with Crippen LogP contribution in [0.1, 0.15) is 23.9 Å². The smallest absolute Gasteiger partial charge is 0.168 e. The van der Waals surface area contributed by atoms with Crippen molar-refractivity contribution in [1.82, 2.24) is 9.55 Å². The lowest BCUT2D eigenvalue weighted by Gasteiger charge is -2.17. The molecule has 1 aromatic heterocycles. The summed E-state index contributed by atoms with van der Waals surface area (Å²) in [6.45, 7) is 2.33. The molecule has 0 amide bonds. The number of nitrogens with two attached hydrogens (primary N) is 1. The van der Waals surface area contributed by atoms with Gasteiger partial charge >= 0.3 is 0 Å². The van der Waals surface area contributed by atoms with Crippen molar-refractivity contribution < 1.29 is 13.9 Å². The van der Waals surface area contributed by atoms with Crippen LogP contribution in [0, 0.1) is 5.82 Å². The average Bonchev–Trinajstić information content (AvgIpc) is 3.42. The number of nitrogens with zero attached hydrogens (tertiary/aromatic N) is 3. The molecule has 1 saturated heterocycles. The molecule has 3 aromatic rings. The monoisotopic (exact) mass is 448 g/mol. The van der Waals surface area contributed by atoms with Crippen molar-refractivity contribution in [3.05, 3.63) is 57.5 Å². The van der Waals surface area contributed by atoms with Gasteiger partial charge in [-0.2, -0.15) is 0 Å². The van der Waals surface area contributed by atoms with Crippen LogP contribution in [-0.4, -0.2) is 35.9 Å². The highest BCUT2D eigenvalue weighted by Crippen LogP contribution is 2.37. The molecule has 2 N–H and O–H groups in total. The fourth-order valence-electron chi connectivity index (χ4n) is 3.98. The molecule has 2 atom stereocenters. The minimum Gasteiger partial charge on any atom is -0.493 e. The van der Waals surface area contributed by atoms with Crippen LogP contribution < -0.4 is 16.0 Å². The predicted molar refractivity (Wildman–Crippen MR) is 113 cm³/mol. The summed E-state index contributed by atoms with van der Waals surface area (Å²) in [6, 6.07) is 7.17. The minimum atomic E-state index is -0.677. The molecular weight excluding hydrogens is 430 g/mol. The number of hydrogen-bond donors (Lipinski definition) is 1. The Hall–Kier alpha value is -2.19. The molecule has 0 bridgehead atoms. The van der Waals surface area contributed by atoms with Gasteiger partial charge in [0.25, 0.3) is 0 Å². The molecule has 1 unspecified atom stereocenters. The van der Waals surface area contributed by atoms with E-state index in [0.717, 1.165) is 28.6 Å². The summed E-state index contributed by atoms with van der Waals surface area (Å²) in [7, 11) is 0. The van der Waals surface area contributed by atoms with E-state index in [1.807, 2.05) is 12.1 Å². The standard InChI is InChI=1S/C21H19Cl2FN4O2/c22-15-1-2-16(20(24)19(15)23)27-21-14-5-13-11(7-25)8-30-18(13)6-17(14)28(10-26-21)12-3-4-29-9-12/h1-2,5-6,10-12H,3-4,7-9,25H2/t11?,12-/m0/s1. The van der Waals surface area contributed by atoms with E-state index < -0.39 is 5.82 Å². The first-order valence-corrected chi connectivity index (χ1v) is 10.5. The van der Waals surface area contributed by atoms with Gasteiger partial charge in [0.2, 0.25) is 0 Å². The van der Waals surface area contributed by atoms with Gasteiger partial charge in [0.05, 0.1) is 41.1 Å². The summed E-state index contributed by atoms with van der Waals surface area (Å²) in [5.41, 5.74) is 8.30. The zero-order valence-electron chi connectivity index (χ0n) is 15.9. The van der Waals surface area contributed by atoms with Crippen LogP contribution in [0.3, 0.4) is 0 Å². The summed E-state index contributed by atoms with van der Waals surface area (Å²) in [5, 5.41) is 0.769. The molecule has 0 spiro atoms. The van der Waals surface area contributed by atoms with Crippen LogP contribution in [0.15, 0.2) is 35.6 Å². The van der Waals surface area contributed by atoms with Crippen LogP contribution >= 0.6 is 23.2 Å². The zero-order valence-corrected chi connectivity index (χ0v) is 17.5. The quantitative estimate of drug-likeness (QED) is 0.611. The van der Waals surface area contributed by atoms with E-state index in [1.54, 1.807) is 6.33 Å². The zero-order chi connectivity index (χ0) is 20.8. The summed E-state index contributed by atoms with van der Waals surface area (Å²) >= 11 is 11.9. The van der Waals surface area contributed by atoms with E-state index in [9.17, 15) is 4.39 Å². The van der Waals surface area contributed by atoms with Crippen LogP contribution in [0.4, 0.5) is 10.1 Å². The molecular formula is C21H19Cl2FN4O2. The third-order valence-corrected chi connectivity index (χ3v) is 6.44. The Morgan fingerprint density at radius 3 is 2.90 bits per heavy atom. The predicted octanol–water partition coefficient (Wildman–Crippen LogP) is 4.11. The lowest BCUT2D eigenvalue weighted by atomic mass is 9.99. The molecule has 2 aromatic carbocycles. The Morgan fingerprint density at radius 1 is 1.27 bits per heavy atom. The number of benzene rings is 2. The third-order valence-electron chi connectivity index (χ3n) is 5.66. The molecule has 0 aliphatic carbocycles. The number of hydrogen-bond acceptors (Lipinski definition) is 5. The van der Waals surface area contributed by atoms with Crippen molar-refractivity contribution in [3.63, 3.8) is 0 Å². The molecule has 156 valence electrons. The molecule has 5 rings (SSSR count). The first kappa shape index (κ1) is 19.8. The molecule has 1 fully saturated rings. The van der Waals surface area contributed by atoms with Gasteiger partial charge in [-0.05, 0) is 24.6 Å². The highest BCUT2D eigenvalue weighted by Gasteiger charge is 2.26. The summed E-state index contributed by atoms with van der Waals surface area (Å²) in [4.78, 5) is 9.01. The Labute approximate surface area is 182 Å². The van der Waals surface area contributed by atoms with E-state index in [2.05, 4.69) is 14.5 Å². The summed E-state index contributed by atoms with van der Waals surface area (Å²) in [6.07, 6.45) is 2.61. The molecule has 0 saturated carbocycles. The van der Waals surface area contributed by atoms with Crippen molar-refractivity contribution in [3.8, 4) is 5.75 Å². The second-order valence-electron chi connectivity index (χ2n) is 7.45. The van der Waals surface area contributed by atoms with E-state index in [1.165, 1.54) is 12.1 Å². The van der Waals surface area contributed by atoms with Gasteiger partial charge in [-0.3, -0.25) is 0 Å². The number of rotatable bonds is 3. The van der Waals surface area contributed by atoms with Crippen molar-refractivity contribution in [2.75, 3.05) is 26.4 Å². The Bertz CT molecular complexity index is 1210. The SMILES string of the molecule is NCC1COc2cc3c(cc21)c(=Nc1ccc(Cl)c(Cl)c1F)ncn3[C@H]1CCOC1. The highest BCUT2D eigenvalue weighted by molar-refractivity contribution is 6.42. The van der Waals surface area contributed by atoms with Gasteiger partial charge in [0, 0.05) is 36.1 Å². The van der Waals surface area contributed by atoms with Gasteiger partial charge in [-0.15, -0.1) is 0 Å². The topological polar surface area (TPSA) is 74.7 Å². The van der Waals surface area contributed by atoms with Crippen molar-refractivity contribution in [1.29, 1.82) is 0 Å². The van der Waals surface area contributed by atoms with E-state index in [4.69, 9.17) is 38.4 Å². The van der Waals surface area contributed by atoms with Gasteiger partial charge in [0.15, 0.2) is 11.3 Å². The van der Waals surface area contributed by atoms with Crippen LogP contribution in [-0.2, 0) is 4.74 Å². The Kier molecular flexibility index (Phi) is 5.14. The van der Waals surface area contributed by atoms with Crippen LogP contribution in [0.25, 0.3) is 10.9 Å². The number of halogens is 3. The van der Waals surface area contributed by atoms with Gasteiger partial charge in [-0.25, -0.2) is 14.4 Å². The van der Waals surface area contributed by atoms with E-state index >= 15 is 0 Å². The second-order valence-corrected chi connectivity index (χ2v) is 8.24. The molecule has 0 radical (unpaired) electrons. The third kappa shape index (κ3) is 3.26. The minimum absolute atomic E-state index is 0.0762. The van der Waals surface area contributed by atoms with Gasteiger partial charge < -0.3 is 19.8 Å². The summed E-state index contributed by atoms with van der Waals surface area (Å²) in [5.74, 6) is 0.232. The molecule has 6 nitrogen and oxygen atoms in total. The normalized spacial score (nSPS) is 21.3. The lowest BCUT2D eigenvalue weighted by molar-refractivity contribution is 0.187. The number of aromatic nitrogens is 2.